The summed E-state index contributed by atoms with van der Waals surface area (Å²) in [6.07, 6.45) is -0.00219. The SMILES string of the molecule is Cc1ccc(Nc2ccc(CNC(=O)C3(CC(=O)c4ccc5c(c4)ncn5C)CC3)nc2)c(C(F)(F)F)c1. The molecule has 0 atom stereocenters. The number of nitrogens with one attached hydrogen (secondary N) is 2. The molecular weight excluding hydrogens is 495 g/mol. The van der Waals surface area contributed by atoms with E-state index >= 15 is 0 Å². The highest BCUT2D eigenvalue weighted by atomic mass is 19.4. The predicted molar refractivity (Wildman–Crippen MR) is 137 cm³/mol. The smallest absolute Gasteiger partial charge is 0.354 e. The summed E-state index contributed by atoms with van der Waals surface area (Å²) in [5.74, 6) is -0.309. The van der Waals surface area contributed by atoms with E-state index in [0.29, 0.717) is 35.3 Å². The molecule has 0 aliphatic heterocycles. The lowest BCUT2D eigenvalue weighted by Gasteiger charge is -2.16. The molecule has 0 spiro atoms. The zero-order chi connectivity index (χ0) is 27.1. The van der Waals surface area contributed by atoms with Crippen molar-refractivity contribution in [1.29, 1.82) is 0 Å². The first-order valence-electron chi connectivity index (χ1n) is 12.2. The van der Waals surface area contributed by atoms with Crippen molar-refractivity contribution in [2.24, 2.45) is 12.5 Å². The number of fused-ring (bicyclic) bond motifs is 1. The molecule has 10 heteroatoms. The maximum absolute atomic E-state index is 13.4. The van der Waals surface area contributed by atoms with Crippen molar-refractivity contribution in [3.63, 3.8) is 0 Å². The quantitative estimate of drug-likeness (QED) is 0.290. The normalized spacial score (nSPS) is 14.3. The Balaban J connectivity index is 1.19. The van der Waals surface area contributed by atoms with Crippen LogP contribution >= 0.6 is 0 Å². The van der Waals surface area contributed by atoms with Gasteiger partial charge in [-0.15, -0.1) is 0 Å². The van der Waals surface area contributed by atoms with Gasteiger partial charge in [0.1, 0.15) is 0 Å². The fraction of sp³-hybridized carbons (Fsp3) is 0.286. The van der Waals surface area contributed by atoms with Crippen molar-refractivity contribution in [1.82, 2.24) is 19.9 Å². The van der Waals surface area contributed by atoms with Crippen LogP contribution in [0.1, 0.15) is 46.4 Å². The van der Waals surface area contributed by atoms with Gasteiger partial charge in [0.2, 0.25) is 5.91 Å². The third-order valence-electron chi connectivity index (χ3n) is 6.90. The number of imidazole rings is 1. The molecule has 7 nitrogen and oxygen atoms in total. The second-order valence-corrected chi connectivity index (χ2v) is 9.83. The van der Waals surface area contributed by atoms with Crippen molar-refractivity contribution in [3.8, 4) is 0 Å². The Morgan fingerprint density at radius 3 is 2.53 bits per heavy atom. The zero-order valence-corrected chi connectivity index (χ0v) is 20.9. The highest BCUT2D eigenvalue weighted by Gasteiger charge is 2.51. The highest BCUT2D eigenvalue weighted by Crippen LogP contribution is 2.49. The fourth-order valence-corrected chi connectivity index (χ4v) is 4.47. The maximum Gasteiger partial charge on any atom is 0.418 e. The molecule has 196 valence electrons. The van der Waals surface area contributed by atoms with E-state index in [1.807, 2.05) is 17.7 Å². The minimum atomic E-state index is -4.49. The summed E-state index contributed by atoms with van der Waals surface area (Å²) in [6, 6.07) is 12.7. The molecule has 2 aromatic heterocycles. The Morgan fingerprint density at radius 1 is 1.05 bits per heavy atom. The van der Waals surface area contributed by atoms with Crippen LogP contribution in [0.25, 0.3) is 11.0 Å². The number of carbonyl (C=O) groups is 2. The van der Waals surface area contributed by atoms with E-state index in [0.717, 1.165) is 17.1 Å². The number of nitrogens with zero attached hydrogens (tertiary/aromatic N) is 3. The number of Topliss-reactive ketones (excluding diaryl/α,β-unsaturated/α-hetero) is 1. The number of hydrogen-bond acceptors (Lipinski definition) is 5. The lowest BCUT2D eigenvalue weighted by Crippen LogP contribution is -2.33. The molecule has 0 unspecified atom stereocenters. The Bertz CT molecular complexity index is 1520. The number of benzene rings is 2. The largest absolute Gasteiger partial charge is 0.418 e. The van der Waals surface area contributed by atoms with Gasteiger partial charge in [-0.25, -0.2) is 4.98 Å². The average molecular weight is 522 g/mol. The molecular formula is C28H26F3N5O2. The third-order valence-corrected chi connectivity index (χ3v) is 6.90. The van der Waals surface area contributed by atoms with Crippen LogP contribution in [0.4, 0.5) is 24.5 Å². The molecule has 4 aromatic rings. The zero-order valence-electron chi connectivity index (χ0n) is 20.9. The van der Waals surface area contributed by atoms with Crippen LogP contribution in [0.15, 0.2) is 61.1 Å². The van der Waals surface area contributed by atoms with Crippen LogP contribution in [0, 0.1) is 12.3 Å². The number of hydrogen-bond donors (Lipinski definition) is 2. The van der Waals surface area contributed by atoms with Gasteiger partial charge in [-0.1, -0.05) is 11.6 Å². The van der Waals surface area contributed by atoms with E-state index in [4.69, 9.17) is 0 Å². The summed E-state index contributed by atoms with van der Waals surface area (Å²) >= 11 is 0. The molecule has 2 N–H and O–H groups in total. The Kier molecular flexibility index (Phi) is 6.42. The molecule has 1 aliphatic rings. The molecule has 5 rings (SSSR count). The van der Waals surface area contributed by atoms with Gasteiger partial charge >= 0.3 is 6.18 Å². The number of alkyl halides is 3. The van der Waals surface area contributed by atoms with Gasteiger partial charge < -0.3 is 15.2 Å². The number of halogens is 3. The van der Waals surface area contributed by atoms with Crippen LogP contribution < -0.4 is 10.6 Å². The molecule has 1 aliphatic carbocycles. The maximum atomic E-state index is 13.4. The summed E-state index contributed by atoms with van der Waals surface area (Å²) < 4.78 is 42.0. The van der Waals surface area contributed by atoms with Gasteiger partial charge in [0.15, 0.2) is 5.78 Å². The van der Waals surface area contributed by atoms with Crippen LogP contribution in [0.2, 0.25) is 0 Å². The van der Waals surface area contributed by atoms with Crippen LogP contribution in [-0.4, -0.2) is 26.2 Å². The molecule has 2 heterocycles. The lowest BCUT2D eigenvalue weighted by atomic mass is 9.94. The second-order valence-electron chi connectivity index (χ2n) is 9.83. The lowest BCUT2D eigenvalue weighted by molar-refractivity contribution is -0.137. The van der Waals surface area contributed by atoms with Crippen molar-refractivity contribution >= 4 is 34.1 Å². The number of aryl methyl sites for hydroxylation is 2. The summed E-state index contributed by atoms with van der Waals surface area (Å²) in [7, 11) is 1.88. The Hall–Kier alpha value is -4.21. The molecule has 1 fully saturated rings. The van der Waals surface area contributed by atoms with Crippen molar-refractivity contribution in [2.75, 3.05) is 5.32 Å². The summed E-state index contributed by atoms with van der Waals surface area (Å²) in [5, 5.41) is 5.63. The number of amides is 1. The first-order chi connectivity index (χ1) is 18.0. The van der Waals surface area contributed by atoms with Gasteiger partial charge in [0.05, 0.1) is 58.1 Å². The van der Waals surface area contributed by atoms with Gasteiger partial charge in [-0.2, -0.15) is 13.2 Å². The minimum Gasteiger partial charge on any atom is -0.354 e. The topological polar surface area (TPSA) is 88.9 Å². The second kappa shape index (κ2) is 9.59. The minimum absolute atomic E-state index is 0.0616. The van der Waals surface area contributed by atoms with Crippen molar-refractivity contribution in [3.05, 3.63) is 83.4 Å². The van der Waals surface area contributed by atoms with E-state index in [-0.39, 0.29) is 30.3 Å². The number of anilines is 2. The summed E-state index contributed by atoms with van der Waals surface area (Å²) in [4.78, 5) is 34.4. The van der Waals surface area contributed by atoms with E-state index in [1.165, 1.54) is 12.3 Å². The number of rotatable bonds is 8. The first kappa shape index (κ1) is 25.4. The van der Waals surface area contributed by atoms with E-state index in [9.17, 15) is 22.8 Å². The van der Waals surface area contributed by atoms with Gasteiger partial charge in [0, 0.05) is 19.0 Å². The monoisotopic (exact) mass is 521 g/mol. The van der Waals surface area contributed by atoms with E-state index in [1.54, 1.807) is 43.6 Å². The van der Waals surface area contributed by atoms with Crippen LogP contribution in [-0.2, 0) is 24.6 Å². The molecule has 38 heavy (non-hydrogen) atoms. The number of ketones is 1. The van der Waals surface area contributed by atoms with Crippen LogP contribution in [0.3, 0.4) is 0 Å². The summed E-state index contributed by atoms with van der Waals surface area (Å²) in [5.41, 5.74) is 2.10. The Labute approximate surface area is 217 Å². The van der Waals surface area contributed by atoms with E-state index < -0.39 is 17.2 Å². The average Bonchev–Trinajstić information content (AvgIpc) is 3.58. The number of pyridine rings is 1. The van der Waals surface area contributed by atoms with Gasteiger partial charge in [-0.05, 0) is 62.2 Å². The predicted octanol–water partition coefficient (Wildman–Crippen LogP) is 5.71. The number of aromatic nitrogens is 3. The van der Waals surface area contributed by atoms with Crippen LogP contribution in [0.5, 0.6) is 0 Å². The van der Waals surface area contributed by atoms with Gasteiger partial charge in [0.25, 0.3) is 0 Å². The number of carbonyl (C=O) groups excluding carboxylic acids is 2. The molecule has 1 saturated carbocycles. The summed E-state index contributed by atoms with van der Waals surface area (Å²) in [6.45, 7) is 1.75. The molecule has 0 bridgehead atoms. The molecule has 0 radical (unpaired) electrons. The highest BCUT2D eigenvalue weighted by molar-refractivity contribution is 6.02. The van der Waals surface area contributed by atoms with E-state index in [2.05, 4.69) is 20.6 Å². The van der Waals surface area contributed by atoms with Crippen molar-refractivity contribution in [2.45, 2.75) is 38.9 Å². The third kappa shape index (κ3) is 5.25. The van der Waals surface area contributed by atoms with Gasteiger partial charge in [-0.3, -0.25) is 14.6 Å². The molecule has 2 aromatic carbocycles. The van der Waals surface area contributed by atoms with Crippen molar-refractivity contribution < 1.29 is 22.8 Å². The Morgan fingerprint density at radius 2 is 1.84 bits per heavy atom. The first-order valence-corrected chi connectivity index (χ1v) is 12.2. The fourth-order valence-electron chi connectivity index (χ4n) is 4.47. The molecule has 1 amide bonds. The molecule has 0 saturated heterocycles. The standard InChI is InChI=1S/C28H26F3N5O2/c1-17-3-7-22(21(11-17)28(29,30)31)35-20-6-5-19(32-15-20)14-33-26(38)27(9-10-27)13-25(37)18-4-8-24-23(12-18)34-16-36(24)2/h3-8,11-12,15-16,35H,9-10,13-14H2,1-2H3,(H,33,38).